The van der Waals surface area contributed by atoms with Crippen molar-refractivity contribution in [2.24, 2.45) is 17.6 Å². The van der Waals surface area contributed by atoms with Gasteiger partial charge in [0.2, 0.25) is 58.8 Å². The molecule has 8 bridgehead atoms. The van der Waals surface area contributed by atoms with E-state index in [1.165, 1.54) is 39.5 Å². The van der Waals surface area contributed by atoms with Gasteiger partial charge in [0, 0.05) is 60.6 Å². The maximum Gasteiger partial charge on any atom is 0.407 e. The van der Waals surface area contributed by atoms with E-state index in [2.05, 4.69) is 47.5 Å². The molecule has 1 aromatic heterocycles. The molecule has 1 aromatic carbocycles. The SMILES string of the molecule is CC[C@H](C)[C@@H]1NC(=O)CNC(=O)C2Cc3c4[nH]c5cc(ccc35)OC(CCCSSCCNC(=O)OC(C)(C)C)(C(=O)[C@H](CC(N)=O)NC(=O)C(CS4)NC(=O)CNC1=O)N1CC(O)C[C@H]1C(=O)N[C@@H]([C@@H](C)[C@@H](O)CO)C(=O)N2. The summed E-state index contributed by atoms with van der Waals surface area (Å²) >= 11 is 1.00. The van der Waals surface area contributed by atoms with Gasteiger partial charge in [-0.05, 0) is 57.2 Å². The monoisotopic (exact) mass is 1160 g/mol. The number of amides is 9. The first kappa shape index (κ1) is 62.3. The van der Waals surface area contributed by atoms with Crippen molar-refractivity contribution in [2.45, 2.75) is 145 Å². The van der Waals surface area contributed by atoms with E-state index in [0.29, 0.717) is 39.4 Å². The van der Waals surface area contributed by atoms with Crippen LogP contribution in [0.4, 0.5) is 4.79 Å². The largest absolute Gasteiger partial charge is 0.465 e. The maximum absolute atomic E-state index is 16.0. The second-order valence-corrected chi connectivity index (χ2v) is 24.7. The van der Waals surface area contributed by atoms with Crippen LogP contribution in [-0.2, 0) is 54.3 Å². The van der Waals surface area contributed by atoms with Crippen LogP contribution in [0.5, 0.6) is 5.75 Å². The Morgan fingerprint density at radius 3 is 2.29 bits per heavy atom. The lowest BCUT2D eigenvalue weighted by atomic mass is 9.90. The highest BCUT2D eigenvalue weighted by Gasteiger charge is 2.57. The Morgan fingerprint density at radius 2 is 1.61 bits per heavy atom. The van der Waals surface area contributed by atoms with E-state index in [9.17, 15) is 53.7 Å². The fourth-order valence-corrected chi connectivity index (χ4v) is 12.7. The van der Waals surface area contributed by atoms with Crippen molar-refractivity contribution in [2.75, 3.05) is 50.0 Å². The van der Waals surface area contributed by atoms with Gasteiger partial charge in [0.25, 0.3) is 0 Å². The third-order valence-electron chi connectivity index (χ3n) is 13.9. The number of nitrogens with two attached hydrogens (primary N) is 1. The van der Waals surface area contributed by atoms with E-state index >= 15 is 9.59 Å². The number of aromatic amines is 1. The summed E-state index contributed by atoms with van der Waals surface area (Å²) < 4.78 is 12.3. The van der Waals surface area contributed by atoms with Gasteiger partial charge >= 0.3 is 6.09 Å². The highest BCUT2D eigenvalue weighted by molar-refractivity contribution is 8.76. The minimum atomic E-state index is -2.37. The molecule has 26 nitrogen and oxygen atoms in total. The summed E-state index contributed by atoms with van der Waals surface area (Å²) in [6, 6.07) is -4.69. The van der Waals surface area contributed by atoms with E-state index in [-0.39, 0.29) is 43.7 Å². The number of hydrogen-bond donors (Lipinski definition) is 13. The van der Waals surface area contributed by atoms with Gasteiger partial charge in [-0.1, -0.05) is 48.8 Å². The van der Waals surface area contributed by atoms with Crippen molar-refractivity contribution in [1.29, 1.82) is 0 Å². The number of nitrogens with one attached hydrogen (secondary N) is 9. The van der Waals surface area contributed by atoms with Gasteiger partial charge in [0.05, 0.1) is 54.9 Å². The van der Waals surface area contributed by atoms with Crippen LogP contribution in [0.15, 0.2) is 23.2 Å². The maximum atomic E-state index is 16.0. The number of Topliss-reactive ketones (excluding diaryl/α,β-unsaturated/α-hetero) is 1. The summed E-state index contributed by atoms with van der Waals surface area (Å²) in [6.07, 6.45) is -4.84. The Labute approximate surface area is 468 Å². The van der Waals surface area contributed by atoms with Crippen LogP contribution in [0.2, 0.25) is 0 Å². The number of alkyl carbamates (subject to hydrolysis) is 1. The van der Waals surface area contributed by atoms with Crippen LogP contribution in [0, 0.1) is 11.8 Å². The number of carbonyl (C=O) groups excluding carboxylic acids is 10. The fourth-order valence-electron chi connectivity index (χ4n) is 9.61. The summed E-state index contributed by atoms with van der Waals surface area (Å²) in [4.78, 5) is 146. The van der Waals surface area contributed by atoms with Crippen molar-refractivity contribution in [3.8, 4) is 5.75 Å². The molecule has 11 atom stereocenters. The molecule has 1 fully saturated rings. The number of carbonyl (C=O) groups is 10. The molecule has 4 unspecified atom stereocenters. The molecule has 5 aliphatic heterocycles. The van der Waals surface area contributed by atoms with E-state index < -0.39 is 163 Å². The number of benzene rings is 1. The molecule has 436 valence electrons. The third-order valence-corrected chi connectivity index (χ3v) is 17.5. The molecule has 2 aromatic rings. The molecule has 5 aliphatic rings. The van der Waals surface area contributed by atoms with E-state index in [0.717, 1.165) is 11.8 Å². The van der Waals surface area contributed by atoms with Crippen molar-refractivity contribution in [3.05, 3.63) is 23.8 Å². The number of aliphatic hydroxyl groups excluding tert-OH is 3. The molecule has 14 N–H and O–H groups in total. The number of ether oxygens (including phenoxy) is 2. The Morgan fingerprint density at radius 1 is 0.911 bits per heavy atom. The van der Waals surface area contributed by atoms with Gasteiger partial charge in [-0.25, -0.2) is 9.69 Å². The van der Waals surface area contributed by atoms with Crippen molar-refractivity contribution in [3.63, 3.8) is 0 Å². The van der Waals surface area contributed by atoms with Gasteiger partial charge in [-0.3, -0.25) is 43.2 Å². The number of thioether (sulfide) groups is 1. The molecular weight excluding hydrogens is 1090 g/mol. The molecule has 0 radical (unpaired) electrons. The summed E-state index contributed by atoms with van der Waals surface area (Å²) in [5.74, 6) is -9.57. The second kappa shape index (κ2) is 27.5. The lowest BCUT2D eigenvalue weighted by Gasteiger charge is -2.45. The van der Waals surface area contributed by atoms with Crippen LogP contribution >= 0.6 is 33.3 Å². The van der Waals surface area contributed by atoms with Crippen molar-refractivity contribution < 1.29 is 72.7 Å². The minimum Gasteiger partial charge on any atom is -0.465 e. The molecule has 29 heteroatoms. The normalized spacial score (nSPS) is 27.1. The molecule has 9 amide bonds. The number of nitrogens with zero attached hydrogens (tertiary/aromatic N) is 1. The molecule has 0 saturated carbocycles. The van der Waals surface area contributed by atoms with E-state index in [4.69, 9.17) is 15.2 Å². The molecule has 0 aliphatic carbocycles. The smallest absolute Gasteiger partial charge is 0.407 e. The van der Waals surface area contributed by atoms with Crippen LogP contribution in [0.25, 0.3) is 10.9 Å². The first-order valence-electron chi connectivity index (χ1n) is 26.1. The number of aromatic nitrogens is 1. The van der Waals surface area contributed by atoms with Gasteiger partial charge < -0.3 is 78.0 Å². The number of rotatable bonds is 15. The third kappa shape index (κ3) is 16.2. The van der Waals surface area contributed by atoms with Gasteiger partial charge in [0.1, 0.15) is 41.6 Å². The highest BCUT2D eigenvalue weighted by atomic mass is 33.1. The number of hydrogen-bond acceptors (Lipinski definition) is 19. The Bertz CT molecular complexity index is 2620. The molecule has 7 rings (SSSR count). The zero-order valence-corrected chi connectivity index (χ0v) is 47.3. The highest BCUT2D eigenvalue weighted by Crippen LogP contribution is 2.40. The molecule has 1 saturated heterocycles. The Kier molecular flexibility index (Phi) is 21.7. The quantitative estimate of drug-likeness (QED) is 0.0689. The number of primary amides is 1. The standard InChI is InChI=1S/C50H73N11O15S3/c1-7-24(2)39-45(72)54-19-37(66)55-33-23-77-47-29-17-32(42(69)53-20-38(67)59-39)57-46(73)40(25(3)35(64)22-62)60-44(71)34-15-26(63)21-61(34)50(41(68)31(18-36(51)65)56-43(33)70,75-27-9-10-28(29)30(16-27)58-47)11-8-13-78-79-14-12-52-48(74)76-49(4,5)6/h9-10,16,24-26,31-35,39-40,58,62-64H,7-8,11-15,17-23H2,1-6H3,(H2,51,65)(H,52,74)(H,53,69)(H,54,72)(H,55,66)(H,56,70)(H,57,73)(H,59,67)(H,60,71)/t24-,25-,26?,31-,32?,33?,34-,35-,39-,40-,50?/m0/s1. The Balaban J connectivity index is 1.55. The van der Waals surface area contributed by atoms with E-state index in [1.54, 1.807) is 46.8 Å². The first-order chi connectivity index (χ1) is 37.3. The average molecular weight is 1160 g/mol. The zero-order chi connectivity index (χ0) is 57.9. The fraction of sp³-hybridized carbons (Fsp3) is 0.640. The van der Waals surface area contributed by atoms with Crippen LogP contribution in [-0.4, -0.2) is 194 Å². The number of ketones is 1. The summed E-state index contributed by atoms with van der Waals surface area (Å²) in [6.45, 7) is 7.65. The average Bonchev–Trinajstić information content (AvgIpc) is 4.21. The van der Waals surface area contributed by atoms with Gasteiger partial charge in [0.15, 0.2) is 0 Å². The summed E-state index contributed by atoms with van der Waals surface area (Å²) in [5, 5.41) is 54.5. The predicted octanol–water partition coefficient (Wildman–Crippen LogP) is -1.82. The second-order valence-electron chi connectivity index (χ2n) is 21.0. The van der Waals surface area contributed by atoms with Crippen molar-refractivity contribution >= 4 is 103 Å². The summed E-state index contributed by atoms with van der Waals surface area (Å²) in [5.41, 5.74) is 3.49. The number of fused-ring (bicyclic) bond motifs is 7. The lowest BCUT2D eigenvalue weighted by Crippen LogP contribution is -2.68. The van der Waals surface area contributed by atoms with Crippen LogP contribution in [0.3, 0.4) is 0 Å². The molecular formula is C50H73N11O15S3. The molecule has 6 heterocycles. The van der Waals surface area contributed by atoms with Crippen LogP contribution < -0.4 is 53.0 Å². The predicted molar refractivity (Wildman–Crippen MR) is 292 cm³/mol. The minimum absolute atomic E-state index is 0.0360. The first-order valence-corrected chi connectivity index (χ1v) is 29.6. The van der Waals surface area contributed by atoms with Gasteiger partial charge in [-0.2, -0.15) is 0 Å². The van der Waals surface area contributed by atoms with E-state index in [1.807, 2.05) is 0 Å². The van der Waals surface area contributed by atoms with Crippen LogP contribution in [0.1, 0.15) is 79.2 Å². The number of H-pyrrole nitrogens is 1. The van der Waals surface area contributed by atoms with Gasteiger partial charge in [-0.15, -0.1) is 11.8 Å². The molecule has 0 spiro atoms. The Hall–Kier alpha value is -5.85. The zero-order valence-electron chi connectivity index (χ0n) is 44.9. The summed E-state index contributed by atoms with van der Waals surface area (Å²) in [7, 11) is 2.78. The topological polar surface area (TPSA) is 391 Å². The number of aliphatic hydroxyl groups is 3. The van der Waals surface area contributed by atoms with Crippen molar-refractivity contribution in [1.82, 2.24) is 52.4 Å². The lowest BCUT2D eigenvalue weighted by molar-refractivity contribution is -0.166. The molecule has 79 heavy (non-hydrogen) atoms.